The third-order valence-corrected chi connectivity index (χ3v) is 10.8. The molecule has 2 nitrogen and oxygen atoms in total. The number of thiophene rings is 1. The first-order valence-corrected chi connectivity index (χ1v) is 17.4. The molecule has 0 radical (unpaired) electrons. The summed E-state index contributed by atoms with van der Waals surface area (Å²) in [5.74, 6) is 0. The van der Waals surface area contributed by atoms with E-state index in [1.807, 2.05) is 23.5 Å². The van der Waals surface area contributed by atoms with Crippen molar-refractivity contribution in [3.8, 4) is 22.3 Å². The topological polar surface area (TPSA) is 16.4 Å². The molecule has 0 aliphatic rings. The highest BCUT2D eigenvalue weighted by atomic mass is 32.1. The van der Waals surface area contributed by atoms with Gasteiger partial charge in [0.1, 0.15) is 11.2 Å². The SMILES string of the molecule is c1ccc(-c2ccc(N(c3ccc(-c4ccc5ccc6sc7ccccc7c6c5c4)cc3)c3ccc4oc5ccccc5c4c3)cc2)cc1. The van der Waals surface area contributed by atoms with Gasteiger partial charge in [-0.1, -0.05) is 109 Å². The van der Waals surface area contributed by atoms with Crippen molar-refractivity contribution < 1.29 is 4.42 Å². The quantitative estimate of drug-likeness (QED) is 0.186. The molecule has 0 amide bonds. The van der Waals surface area contributed by atoms with E-state index in [1.165, 1.54) is 53.2 Å². The minimum atomic E-state index is 0.892. The van der Waals surface area contributed by atoms with Gasteiger partial charge in [-0.15, -0.1) is 11.3 Å². The molecule has 0 atom stereocenters. The first-order valence-electron chi connectivity index (χ1n) is 16.6. The molecule has 8 aromatic carbocycles. The van der Waals surface area contributed by atoms with Crippen LogP contribution in [-0.2, 0) is 0 Å². The number of anilines is 3. The number of furan rings is 1. The first kappa shape index (κ1) is 27.9. The Morgan fingerprint density at radius 2 is 0.959 bits per heavy atom. The first-order chi connectivity index (χ1) is 24.3. The summed E-state index contributed by atoms with van der Waals surface area (Å²) >= 11 is 1.87. The van der Waals surface area contributed by atoms with Gasteiger partial charge in [-0.3, -0.25) is 0 Å². The highest BCUT2D eigenvalue weighted by Gasteiger charge is 2.17. The van der Waals surface area contributed by atoms with Crippen molar-refractivity contribution in [3.05, 3.63) is 176 Å². The Bertz CT molecular complexity index is 2810. The lowest BCUT2D eigenvalue weighted by molar-refractivity contribution is 0.669. The van der Waals surface area contributed by atoms with Gasteiger partial charge in [-0.25, -0.2) is 0 Å². The van der Waals surface area contributed by atoms with Gasteiger partial charge in [0.15, 0.2) is 0 Å². The summed E-state index contributed by atoms with van der Waals surface area (Å²) in [6, 6.07) is 63.3. The summed E-state index contributed by atoms with van der Waals surface area (Å²) in [5.41, 5.74) is 9.87. The Kier molecular flexibility index (Phi) is 6.39. The molecule has 10 aromatic rings. The molecule has 2 aromatic heterocycles. The molecule has 0 aliphatic carbocycles. The number of benzene rings is 8. The standard InChI is InChI=1S/C46H29NOS/c1-2-8-30(9-3-1)31-16-21-35(22-17-31)47(37-25-26-43-41(29-37)38-10-4-6-12-42(38)48-43)36-23-18-32(19-24-36)34-15-14-33-20-27-45-46(40(33)28-34)39-11-5-7-13-44(39)49-45/h1-29H. The van der Waals surface area contributed by atoms with Gasteiger partial charge in [0.25, 0.3) is 0 Å². The van der Waals surface area contributed by atoms with Crippen molar-refractivity contribution in [3.63, 3.8) is 0 Å². The smallest absolute Gasteiger partial charge is 0.135 e. The van der Waals surface area contributed by atoms with Crippen LogP contribution < -0.4 is 4.90 Å². The molecule has 0 spiro atoms. The monoisotopic (exact) mass is 643 g/mol. The third-order valence-electron chi connectivity index (χ3n) is 9.67. The Morgan fingerprint density at radius 3 is 1.76 bits per heavy atom. The molecule has 10 rings (SSSR count). The van der Waals surface area contributed by atoms with E-state index in [1.54, 1.807) is 0 Å². The summed E-state index contributed by atoms with van der Waals surface area (Å²) in [4.78, 5) is 2.33. The molecule has 0 aliphatic heterocycles. The average molecular weight is 644 g/mol. The van der Waals surface area contributed by atoms with Crippen LogP contribution in [0.15, 0.2) is 180 Å². The number of hydrogen-bond donors (Lipinski definition) is 0. The van der Waals surface area contributed by atoms with Crippen LogP contribution in [0, 0.1) is 0 Å². The van der Waals surface area contributed by atoms with E-state index in [9.17, 15) is 0 Å². The van der Waals surface area contributed by atoms with Crippen LogP contribution in [0.4, 0.5) is 17.1 Å². The Labute approximate surface area is 287 Å². The third kappa shape index (κ3) is 4.70. The second kappa shape index (κ2) is 11.2. The van der Waals surface area contributed by atoms with Crippen LogP contribution in [0.1, 0.15) is 0 Å². The number of nitrogens with zero attached hydrogens (tertiary/aromatic N) is 1. The molecule has 0 saturated carbocycles. The fourth-order valence-electron chi connectivity index (χ4n) is 7.26. The Morgan fingerprint density at radius 1 is 0.367 bits per heavy atom. The second-order valence-electron chi connectivity index (χ2n) is 12.5. The van der Waals surface area contributed by atoms with E-state index >= 15 is 0 Å². The van der Waals surface area contributed by atoms with Crippen molar-refractivity contribution >= 4 is 81.3 Å². The lowest BCUT2D eigenvalue weighted by Crippen LogP contribution is -2.09. The number of fused-ring (bicyclic) bond motifs is 8. The van der Waals surface area contributed by atoms with Crippen molar-refractivity contribution in [2.45, 2.75) is 0 Å². The number of rotatable bonds is 5. The van der Waals surface area contributed by atoms with Crippen molar-refractivity contribution in [1.29, 1.82) is 0 Å². The van der Waals surface area contributed by atoms with Crippen molar-refractivity contribution in [2.75, 3.05) is 4.90 Å². The molecular weight excluding hydrogens is 615 g/mol. The molecule has 49 heavy (non-hydrogen) atoms. The van der Waals surface area contributed by atoms with Gasteiger partial charge in [0, 0.05) is 48.0 Å². The maximum atomic E-state index is 6.19. The van der Waals surface area contributed by atoms with Gasteiger partial charge in [-0.2, -0.15) is 0 Å². The molecule has 0 fully saturated rings. The number of hydrogen-bond acceptors (Lipinski definition) is 3. The van der Waals surface area contributed by atoms with Crippen LogP contribution in [0.3, 0.4) is 0 Å². The molecule has 3 heteroatoms. The fraction of sp³-hybridized carbons (Fsp3) is 0. The van der Waals surface area contributed by atoms with E-state index < -0.39 is 0 Å². The predicted molar refractivity (Wildman–Crippen MR) is 210 cm³/mol. The molecule has 0 bridgehead atoms. The van der Waals surface area contributed by atoms with Gasteiger partial charge in [-0.05, 0) is 99.8 Å². The molecule has 230 valence electrons. The highest BCUT2D eigenvalue weighted by molar-refractivity contribution is 7.26. The van der Waals surface area contributed by atoms with Crippen molar-refractivity contribution in [2.24, 2.45) is 0 Å². The zero-order chi connectivity index (χ0) is 32.3. The Balaban J connectivity index is 1.09. The van der Waals surface area contributed by atoms with E-state index in [2.05, 4.69) is 169 Å². The van der Waals surface area contributed by atoms with Gasteiger partial charge >= 0.3 is 0 Å². The molecule has 2 heterocycles. The normalized spacial score (nSPS) is 11.7. The summed E-state index contributed by atoms with van der Waals surface area (Å²) in [6.07, 6.45) is 0. The minimum Gasteiger partial charge on any atom is -0.456 e. The van der Waals surface area contributed by atoms with Crippen LogP contribution >= 0.6 is 11.3 Å². The summed E-state index contributed by atoms with van der Waals surface area (Å²) in [7, 11) is 0. The molecule has 0 N–H and O–H groups in total. The van der Waals surface area contributed by atoms with E-state index in [4.69, 9.17) is 4.42 Å². The summed E-state index contributed by atoms with van der Waals surface area (Å²) < 4.78 is 8.85. The van der Waals surface area contributed by atoms with Gasteiger partial charge in [0.2, 0.25) is 0 Å². The van der Waals surface area contributed by atoms with Gasteiger partial charge in [0.05, 0.1) is 0 Å². The van der Waals surface area contributed by atoms with Crippen LogP contribution in [0.25, 0.3) is 75.1 Å². The zero-order valence-electron chi connectivity index (χ0n) is 26.5. The molecular formula is C46H29NOS. The number of para-hydroxylation sites is 1. The van der Waals surface area contributed by atoms with Crippen LogP contribution in [0.5, 0.6) is 0 Å². The van der Waals surface area contributed by atoms with Crippen LogP contribution in [0.2, 0.25) is 0 Å². The zero-order valence-corrected chi connectivity index (χ0v) is 27.3. The largest absolute Gasteiger partial charge is 0.456 e. The van der Waals surface area contributed by atoms with E-state index in [-0.39, 0.29) is 0 Å². The highest BCUT2D eigenvalue weighted by Crippen LogP contribution is 2.42. The molecule has 0 unspecified atom stereocenters. The van der Waals surface area contributed by atoms with Gasteiger partial charge < -0.3 is 9.32 Å². The summed E-state index contributed by atoms with van der Waals surface area (Å²) in [6.45, 7) is 0. The Hall–Kier alpha value is -6.16. The lowest BCUT2D eigenvalue weighted by Gasteiger charge is -2.26. The fourth-order valence-corrected chi connectivity index (χ4v) is 8.38. The predicted octanol–water partition coefficient (Wildman–Crippen LogP) is 13.9. The lowest BCUT2D eigenvalue weighted by atomic mass is 9.98. The maximum absolute atomic E-state index is 6.19. The van der Waals surface area contributed by atoms with E-state index in [0.717, 1.165) is 39.0 Å². The second-order valence-corrected chi connectivity index (χ2v) is 13.6. The van der Waals surface area contributed by atoms with Crippen molar-refractivity contribution in [1.82, 2.24) is 0 Å². The minimum absolute atomic E-state index is 0.892. The average Bonchev–Trinajstić information content (AvgIpc) is 3.74. The van der Waals surface area contributed by atoms with Crippen LogP contribution in [-0.4, -0.2) is 0 Å². The molecule has 0 saturated heterocycles. The summed E-state index contributed by atoms with van der Waals surface area (Å²) in [5, 5.41) is 7.48. The van der Waals surface area contributed by atoms with E-state index in [0.29, 0.717) is 0 Å². The maximum Gasteiger partial charge on any atom is 0.135 e.